The van der Waals surface area contributed by atoms with Gasteiger partial charge in [-0.25, -0.2) is 4.79 Å². The molecule has 12 nitrogen and oxygen atoms in total. The molecule has 1 N–H and O–H groups in total. The average molecular weight is 440 g/mol. The minimum Gasteiger partial charge on any atom is -0.465 e. The number of hydrogen-bond donors (Lipinski definition) is 1. The van der Waals surface area contributed by atoms with E-state index in [9.17, 15) is 34.6 Å². The predicted octanol–water partition coefficient (Wildman–Crippen LogP) is 2.17. The molecule has 2 aromatic rings. The third-order valence-corrected chi connectivity index (χ3v) is 4.79. The maximum Gasteiger partial charge on any atom is 0.342 e. The Labute approximate surface area is 180 Å². The molecule has 0 fully saturated rings. The van der Waals surface area contributed by atoms with E-state index in [4.69, 9.17) is 4.42 Å². The topological polar surface area (TPSA) is 173 Å². The molecular weight excluding hydrogens is 424 g/mol. The molecule has 0 saturated heterocycles. The van der Waals surface area contributed by atoms with Gasteiger partial charge in [-0.1, -0.05) is 0 Å². The van der Waals surface area contributed by atoms with Crippen LogP contribution in [0, 0.1) is 28.4 Å². The highest BCUT2D eigenvalue weighted by molar-refractivity contribution is 6.21. The molecule has 3 amide bonds. The van der Waals surface area contributed by atoms with E-state index in [2.05, 4.69) is 10.1 Å². The summed E-state index contributed by atoms with van der Waals surface area (Å²) in [6, 6.07) is 5.20. The van der Waals surface area contributed by atoms with Gasteiger partial charge in [-0.3, -0.25) is 34.7 Å². The molecule has 32 heavy (non-hydrogen) atoms. The number of imide groups is 1. The first kappa shape index (κ1) is 22.2. The summed E-state index contributed by atoms with van der Waals surface area (Å²) < 4.78 is 9.89. The van der Waals surface area contributed by atoms with Crippen molar-refractivity contribution in [1.29, 1.82) is 5.26 Å². The number of non-ortho nitro benzene ring substituents is 1. The van der Waals surface area contributed by atoms with Gasteiger partial charge in [0.2, 0.25) is 11.8 Å². The van der Waals surface area contributed by atoms with Crippen molar-refractivity contribution in [1.82, 2.24) is 4.90 Å². The summed E-state index contributed by atoms with van der Waals surface area (Å²) in [6.07, 6.45) is -0.0451. The minimum absolute atomic E-state index is 0.0603. The molecule has 12 heteroatoms. The average Bonchev–Trinajstić information content (AvgIpc) is 3.20. The molecular formula is C20H16N4O8. The van der Waals surface area contributed by atoms with E-state index in [0.29, 0.717) is 0 Å². The molecule has 0 atom stereocenters. The van der Waals surface area contributed by atoms with Crippen LogP contribution in [0.15, 0.2) is 22.6 Å². The quantitative estimate of drug-likeness (QED) is 0.293. The Bertz CT molecular complexity index is 1210. The number of aryl methyl sites for hydroxylation is 1. The van der Waals surface area contributed by atoms with Gasteiger partial charge in [-0.15, -0.1) is 0 Å². The lowest BCUT2D eigenvalue weighted by Crippen LogP contribution is -2.31. The number of methoxy groups -OCH3 is 1. The zero-order valence-corrected chi connectivity index (χ0v) is 17.0. The zero-order chi connectivity index (χ0) is 23.6. The number of nitriles is 1. The van der Waals surface area contributed by atoms with Crippen molar-refractivity contribution >= 4 is 35.3 Å². The van der Waals surface area contributed by atoms with E-state index < -0.39 is 28.6 Å². The zero-order valence-electron chi connectivity index (χ0n) is 17.0. The standard InChI is InChI=1S/C20H16N4O8/c1-10-16(20(28)31-2)14(9-21)17(32-10)22-15(25)4-3-7-23-18(26)12-6-5-11(24(29)30)8-13(12)19(23)27/h5-6,8H,3-4,7H2,1-2H3,(H,22,25). The van der Waals surface area contributed by atoms with E-state index in [0.717, 1.165) is 24.1 Å². The molecule has 0 unspecified atom stereocenters. The molecule has 2 heterocycles. The third-order valence-electron chi connectivity index (χ3n) is 4.79. The van der Waals surface area contributed by atoms with E-state index in [-0.39, 0.29) is 59.0 Å². The van der Waals surface area contributed by atoms with Crippen LogP contribution >= 0.6 is 0 Å². The fraction of sp³-hybridized carbons (Fsp3) is 0.250. The normalized spacial score (nSPS) is 12.3. The van der Waals surface area contributed by atoms with Gasteiger partial charge in [-0.05, 0) is 19.4 Å². The molecule has 0 bridgehead atoms. The number of anilines is 1. The molecule has 1 aromatic heterocycles. The Kier molecular flexibility index (Phi) is 6.01. The number of nitrogens with zero attached hydrogens (tertiary/aromatic N) is 3. The maximum atomic E-state index is 12.5. The number of rotatable bonds is 7. The first-order valence-corrected chi connectivity index (χ1v) is 9.25. The number of benzene rings is 1. The van der Waals surface area contributed by atoms with Crippen LogP contribution in [0.3, 0.4) is 0 Å². The lowest BCUT2D eigenvalue weighted by Gasteiger charge is -2.13. The minimum atomic E-state index is -0.783. The van der Waals surface area contributed by atoms with Crippen molar-refractivity contribution < 1.29 is 33.3 Å². The smallest absolute Gasteiger partial charge is 0.342 e. The SMILES string of the molecule is COC(=O)c1c(C)oc(NC(=O)CCCN2C(=O)c3ccc([N+](=O)[O-])cc3C2=O)c1C#N. The number of carbonyl (C=O) groups is 4. The van der Waals surface area contributed by atoms with Gasteiger partial charge in [0, 0.05) is 25.1 Å². The van der Waals surface area contributed by atoms with E-state index in [1.807, 2.05) is 0 Å². The van der Waals surface area contributed by atoms with Gasteiger partial charge in [-0.2, -0.15) is 5.26 Å². The number of carbonyl (C=O) groups excluding carboxylic acids is 4. The van der Waals surface area contributed by atoms with Crippen LogP contribution in [0.5, 0.6) is 0 Å². The molecule has 1 aliphatic rings. The Morgan fingerprint density at radius 1 is 1.28 bits per heavy atom. The second kappa shape index (κ2) is 8.68. The molecule has 3 rings (SSSR count). The van der Waals surface area contributed by atoms with Crippen LogP contribution in [0.1, 0.15) is 55.2 Å². The molecule has 164 valence electrons. The third kappa shape index (κ3) is 3.91. The molecule has 1 aromatic carbocycles. The Hall–Kier alpha value is -4.53. The number of furan rings is 1. The highest BCUT2D eigenvalue weighted by Gasteiger charge is 2.36. The van der Waals surface area contributed by atoms with E-state index in [1.54, 1.807) is 6.07 Å². The van der Waals surface area contributed by atoms with Gasteiger partial charge in [0.25, 0.3) is 17.5 Å². The van der Waals surface area contributed by atoms with Crippen molar-refractivity contribution in [2.75, 3.05) is 19.0 Å². The van der Waals surface area contributed by atoms with Crippen LogP contribution in [-0.4, -0.2) is 47.2 Å². The lowest BCUT2D eigenvalue weighted by atomic mass is 10.1. The van der Waals surface area contributed by atoms with Gasteiger partial charge in [0.05, 0.1) is 23.2 Å². The van der Waals surface area contributed by atoms with Crippen LogP contribution in [0.2, 0.25) is 0 Å². The fourth-order valence-electron chi connectivity index (χ4n) is 3.27. The van der Waals surface area contributed by atoms with Crippen molar-refractivity contribution in [2.45, 2.75) is 19.8 Å². The number of nitro groups is 1. The summed E-state index contributed by atoms with van der Waals surface area (Å²) in [5.41, 5.74) is -0.576. The van der Waals surface area contributed by atoms with Gasteiger partial charge < -0.3 is 9.15 Å². The summed E-state index contributed by atoms with van der Waals surface area (Å²) in [5.74, 6) is -2.73. The summed E-state index contributed by atoms with van der Waals surface area (Å²) in [5, 5.41) is 22.6. The van der Waals surface area contributed by atoms with Crippen LogP contribution in [-0.2, 0) is 9.53 Å². The summed E-state index contributed by atoms with van der Waals surface area (Å²) >= 11 is 0. The van der Waals surface area contributed by atoms with Crippen molar-refractivity contribution in [2.24, 2.45) is 0 Å². The highest BCUT2D eigenvalue weighted by Crippen LogP contribution is 2.28. The Morgan fingerprint density at radius 3 is 2.59 bits per heavy atom. The van der Waals surface area contributed by atoms with Crippen LogP contribution < -0.4 is 5.32 Å². The van der Waals surface area contributed by atoms with E-state index in [1.165, 1.54) is 13.0 Å². The number of nitro benzene ring substituents is 1. The molecule has 0 radical (unpaired) electrons. The summed E-state index contributed by atoms with van der Waals surface area (Å²) in [6.45, 7) is 1.35. The number of ether oxygens (including phenoxy) is 1. The van der Waals surface area contributed by atoms with E-state index >= 15 is 0 Å². The van der Waals surface area contributed by atoms with Gasteiger partial charge in [0.1, 0.15) is 23.0 Å². The monoisotopic (exact) mass is 440 g/mol. The van der Waals surface area contributed by atoms with Gasteiger partial charge >= 0.3 is 5.97 Å². The second-order valence-electron chi connectivity index (χ2n) is 6.74. The second-order valence-corrected chi connectivity index (χ2v) is 6.74. The molecule has 1 aliphatic heterocycles. The van der Waals surface area contributed by atoms with Crippen molar-refractivity contribution in [3.8, 4) is 6.07 Å². The van der Waals surface area contributed by atoms with Crippen LogP contribution in [0.25, 0.3) is 0 Å². The summed E-state index contributed by atoms with van der Waals surface area (Å²) in [7, 11) is 1.14. The van der Waals surface area contributed by atoms with Crippen molar-refractivity contribution in [3.05, 3.63) is 56.3 Å². The summed E-state index contributed by atoms with van der Waals surface area (Å²) in [4.78, 5) is 60.0. The largest absolute Gasteiger partial charge is 0.465 e. The molecule has 0 spiro atoms. The number of fused-ring (bicyclic) bond motifs is 1. The molecule has 0 saturated carbocycles. The maximum absolute atomic E-state index is 12.5. The Morgan fingerprint density at radius 2 is 1.97 bits per heavy atom. The first-order valence-electron chi connectivity index (χ1n) is 9.25. The lowest BCUT2D eigenvalue weighted by molar-refractivity contribution is -0.384. The van der Waals surface area contributed by atoms with Gasteiger partial charge in [0.15, 0.2) is 0 Å². The Balaban J connectivity index is 1.63. The van der Waals surface area contributed by atoms with Crippen molar-refractivity contribution in [3.63, 3.8) is 0 Å². The predicted molar refractivity (Wildman–Crippen MR) is 106 cm³/mol. The number of nitrogens with one attached hydrogen (secondary N) is 1. The molecule has 0 aliphatic carbocycles. The first-order chi connectivity index (χ1) is 15.2. The highest BCUT2D eigenvalue weighted by atomic mass is 16.6. The number of hydrogen-bond acceptors (Lipinski definition) is 9. The number of amides is 3. The van der Waals surface area contributed by atoms with Crippen LogP contribution in [0.4, 0.5) is 11.6 Å². The fourth-order valence-corrected chi connectivity index (χ4v) is 3.27. The number of esters is 1.